The molecule has 2 heterocycles. The SMILES string of the molecule is CNC1CCN(c2n[nH]c(-c3ccc(F)cc3Cl)n2)CC1. The average molecular weight is 310 g/mol. The van der Waals surface area contributed by atoms with Crippen molar-refractivity contribution in [2.24, 2.45) is 0 Å². The van der Waals surface area contributed by atoms with Crippen LogP contribution in [0.5, 0.6) is 0 Å². The van der Waals surface area contributed by atoms with E-state index in [0.717, 1.165) is 25.9 Å². The standard InChI is InChI=1S/C14H17ClFN5/c1-17-10-4-6-21(7-5-10)14-18-13(19-20-14)11-3-2-9(16)8-12(11)15/h2-3,8,10,17H,4-7H2,1H3,(H,18,19,20). The molecule has 7 heteroatoms. The maximum absolute atomic E-state index is 13.1. The summed E-state index contributed by atoms with van der Waals surface area (Å²) in [6.07, 6.45) is 2.13. The molecule has 0 unspecified atom stereocenters. The molecule has 1 aromatic heterocycles. The van der Waals surface area contributed by atoms with Crippen molar-refractivity contribution in [3.63, 3.8) is 0 Å². The molecule has 1 fully saturated rings. The summed E-state index contributed by atoms with van der Waals surface area (Å²) in [4.78, 5) is 6.62. The molecular formula is C14H17ClFN5. The quantitative estimate of drug-likeness (QED) is 0.914. The van der Waals surface area contributed by atoms with Crippen LogP contribution in [0.2, 0.25) is 5.02 Å². The first-order valence-electron chi connectivity index (χ1n) is 6.97. The second-order valence-corrected chi connectivity index (χ2v) is 5.57. The summed E-state index contributed by atoms with van der Waals surface area (Å²) in [5.74, 6) is 0.864. The first-order chi connectivity index (χ1) is 10.2. The Hall–Kier alpha value is -1.66. The van der Waals surface area contributed by atoms with E-state index in [4.69, 9.17) is 11.6 Å². The lowest BCUT2D eigenvalue weighted by molar-refractivity contribution is 0.439. The topological polar surface area (TPSA) is 56.8 Å². The molecule has 112 valence electrons. The third-order valence-electron chi connectivity index (χ3n) is 3.85. The molecule has 0 radical (unpaired) electrons. The second kappa shape index (κ2) is 5.99. The van der Waals surface area contributed by atoms with Crippen molar-refractivity contribution in [3.05, 3.63) is 29.0 Å². The van der Waals surface area contributed by atoms with Crippen molar-refractivity contribution < 1.29 is 4.39 Å². The van der Waals surface area contributed by atoms with Gasteiger partial charge in [-0.25, -0.2) is 4.39 Å². The van der Waals surface area contributed by atoms with Crippen LogP contribution in [0.4, 0.5) is 10.3 Å². The van der Waals surface area contributed by atoms with Gasteiger partial charge in [0.2, 0.25) is 5.95 Å². The number of nitrogens with zero attached hydrogens (tertiary/aromatic N) is 3. The number of benzene rings is 1. The van der Waals surface area contributed by atoms with E-state index in [0.29, 0.717) is 28.4 Å². The van der Waals surface area contributed by atoms with Gasteiger partial charge in [0, 0.05) is 24.7 Å². The lowest BCUT2D eigenvalue weighted by atomic mass is 10.1. The van der Waals surface area contributed by atoms with Crippen molar-refractivity contribution in [1.82, 2.24) is 20.5 Å². The average Bonchev–Trinajstić information content (AvgIpc) is 2.97. The highest BCUT2D eigenvalue weighted by Crippen LogP contribution is 2.27. The molecule has 0 aliphatic carbocycles. The highest BCUT2D eigenvalue weighted by atomic mass is 35.5. The second-order valence-electron chi connectivity index (χ2n) is 5.16. The number of aromatic amines is 1. The molecule has 5 nitrogen and oxygen atoms in total. The van der Waals surface area contributed by atoms with Gasteiger partial charge in [0.15, 0.2) is 5.82 Å². The molecule has 0 spiro atoms. The minimum absolute atomic E-state index is 0.326. The third kappa shape index (κ3) is 3.01. The number of hydrogen-bond acceptors (Lipinski definition) is 4. The number of aromatic nitrogens is 3. The number of H-pyrrole nitrogens is 1. The highest BCUT2D eigenvalue weighted by molar-refractivity contribution is 6.33. The summed E-state index contributed by atoms with van der Waals surface area (Å²) in [5.41, 5.74) is 0.655. The van der Waals surface area contributed by atoms with Gasteiger partial charge in [-0.2, -0.15) is 4.98 Å². The van der Waals surface area contributed by atoms with Crippen LogP contribution in [0.3, 0.4) is 0 Å². The van der Waals surface area contributed by atoms with Gasteiger partial charge in [0.25, 0.3) is 0 Å². The zero-order valence-electron chi connectivity index (χ0n) is 11.7. The monoisotopic (exact) mass is 309 g/mol. The van der Waals surface area contributed by atoms with Gasteiger partial charge in [-0.3, -0.25) is 5.10 Å². The van der Waals surface area contributed by atoms with Gasteiger partial charge in [0.1, 0.15) is 5.82 Å². The van der Waals surface area contributed by atoms with E-state index in [1.54, 1.807) is 6.07 Å². The van der Waals surface area contributed by atoms with Crippen molar-refractivity contribution in [2.75, 3.05) is 25.0 Å². The number of rotatable bonds is 3. The first kappa shape index (κ1) is 14.3. The Morgan fingerprint density at radius 1 is 1.38 bits per heavy atom. The Labute approximate surface area is 127 Å². The molecule has 21 heavy (non-hydrogen) atoms. The van der Waals surface area contributed by atoms with Crippen molar-refractivity contribution in [3.8, 4) is 11.4 Å². The number of piperidine rings is 1. The molecule has 0 saturated carbocycles. The van der Waals surface area contributed by atoms with Crippen LogP contribution in [0, 0.1) is 5.82 Å². The molecule has 2 N–H and O–H groups in total. The highest BCUT2D eigenvalue weighted by Gasteiger charge is 2.21. The Kier molecular flexibility index (Phi) is 4.07. The zero-order valence-corrected chi connectivity index (χ0v) is 12.5. The summed E-state index contributed by atoms with van der Waals surface area (Å²) in [6, 6.07) is 4.81. The minimum Gasteiger partial charge on any atom is -0.339 e. The van der Waals surface area contributed by atoms with Crippen molar-refractivity contribution in [1.29, 1.82) is 0 Å². The lowest BCUT2D eigenvalue weighted by Gasteiger charge is -2.30. The predicted octanol–water partition coefficient (Wildman–Crippen LogP) is 2.45. The van der Waals surface area contributed by atoms with E-state index in [1.807, 2.05) is 7.05 Å². The van der Waals surface area contributed by atoms with E-state index in [-0.39, 0.29) is 5.82 Å². The van der Waals surface area contributed by atoms with Crippen molar-refractivity contribution in [2.45, 2.75) is 18.9 Å². The summed E-state index contributed by atoms with van der Waals surface area (Å²) in [7, 11) is 1.99. The van der Waals surface area contributed by atoms with Crippen LogP contribution < -0.4 is 10.2 Å². The molecule has 0 amide bonds. The summed E-state index contributed by atoms with van der Waals surface area (Å²) in [6.45, 7) is 1.83. The fourth-order valence-corrected chi connectivity index (χ4v) is 2.82. The fraction of sp³-hybridized carbons (Fsp3) is 0.429. The number of halogens is 2. The molecule has 1 aromatic carbocycles. The maximum atomic E-state index is 13.1. The van der Waals surface area contributed by atoms with Crippen LogP contribution >= 0.6 is 11.6 Å². The Morgan fingerprint density at radius 2 is 2.14 bits per heavy atom. The van der Waals surface area contributed by atoms with Crippen LogP contribution in [-0.2, 0) is 0 Å². The van der Waals surface area contributed by atoms with Crippen LogP contribution in [0.1, 0.15) is 12.8 Å². The molecule has 1 saturated heterocycles. The Bertz CT molecular complexity index is 622. The summed E-state index contributed by atoms with van der Waals surface area (Å²) < 4.78 is 13.1. The van der Waals surface area contributed by atoms with E-state index < -0.39 is 0 Å². The van der Waals surface area contributed by atoms with Crippen LogP contribution in [0.25, 0.3) is 11.4 Å². The Balaban J connectivity index is 1.77. The van der Waals surface area contributed by atoms with Crippen LogP contribution in [-0.4, -0.2) is 41.4 Å². The molecule has 1 aliphatic rings. The molecule has 0 atom stereocenters. The fourth-order valence-electron chi connectivity index (χ4n) is 2.56. The maximum Gasteiger partial charge on any atom is 0.245 e. The van der Waals surface area contributed by atoms with Gasteiger partial charge in [-0.05, 0) is 38.1 Å². The molecule has 1 aliphatic heterocycles. The summed E-state index contributed by atoms with van der Waals surface area (Å²) >= 11 is 6.05. The minimum atomic E-state index is -0.363. The van der Waals surface area contributed by atoms with E-state index >= 15 is 0 Å². The van der Waals surface area contributed by atoms with E-state index in [2.05, 4.69) is 25.4 Å². The van der Waals surface area contributed by atoms with Crippen molar-refractivity contribution >= 4 is 17.5 Å². The van der Waals surface area contributed by atoms with Gasteiger partial charge >= 0.3 is 0 Å². The van der Waals surface area contributed by atoms with Gasteiger partial charge in [-0.1, -0.05) is 11.6 Å². The largest absolute Gasteiger partial charge is 0.339 e. The smallest absolute Gasteiger partial charge is 0.245 e. The normalized spacial score (nSPS) is 16.4. The number of hydrogen-bond donors (Lipinski definition) is 2. The third-order valence-corrected chi connectivity index (χ3v) is 4.16. The molecule has 3 rings (SSSR count). The molecule has 2 aromatic rings. The number of anilines is 1. The predicted molar refractivity (Wildman–Crippen MR) is 81.1 cm³/mol. The Morgan fingerprint density at radius 3 is 2.81 bits per heavy atom. The van der Waals surface area contributed by atoms with E-state index in [1.165, 1.54) is 12.1 Å². The van der Waals surface area contributed by atoms with E-state index in [9.17, 15) is 4.39 Å². The van der Waals surface area contributed by atoms with Gasteiger partial charge < -0.3 is 10.2 Å². The molecule has 0 bridgehead atoms. The zero-order chi connectivity index (χ0) is 14.8. The number of nitrogens with one attached hydrogen (secondary N) is 2. The van der Waals surface area contributed by atoms with Gasteiger partial charge in [-0.15, -0.1) is 5.10 Å². The molecular weight excluding hydrogens is 293 g/mol. The van der Waals surface area contributed by atoms with Gasteiger partial charge in [0.05, 0.1) is 5.02 Å². The first-order valence-corrected chi connectivity index (χ1v) is 7.35. The lowest BCUT2D eigenvalue weighted by Crippen LogP contribution is -2.41. The summed E-state index contributed by atoms with van der Waals surface area (Å²) in [5, 5.41) is 10.7. The van der Waals surface area contributed by atoms with Crippen LogP contribution in [0.15, 0.2) is 18.2 Å².